The maximum absolute atomic E-state index is 11.2. The SMILES string of the molecule is CC(C)CCCOC(=O)OCc1ccccc1. The molecule has 17 heavy (non-hydrogen) atoms. The first-order chi connectivity index (χ1) is 8.18. The van der Waals surface area contributed by atoms with Gasteiger partial charge in [-0.25, -0.2) is 4.79 Å². The zero-order chi connectivity index (χ0) is 12.5. The van der Waals surface area contributed by atoms with Gasteiger partial charge in [0.05, 0.1) is 6.61 Å². The Balaban J connectivity index is 2.09. The number of carbonyl (C=O) groups is 1. The zero-order valence-electron chi connectivity index (χ0n) is 10.5. The molecule has 0 unspecified atom stereocenters. The van der Waals surface area contributed by atoms with Crippen LogP contribution >= 0.6 is 0 Å². The highest BCUT2D eigenvalue weighted by Gasteiger charge is 2.04. The molecule has 3 nitrogen and oxygen atoms in total. The second kappa shape index (κ2) is 7.71. The minimum atomic E-state index is -0.586. The summed E-state index contributed by atoms with van der Waals surface area (Å²) in [6, 6.07) is 9.56. The highest BCUT2D eigenvalue weighted by Crippen LogP contribution is 2.05. The summed E-state index contributed by atoms with van der Waals surface area (Å²) in [7, 11) is 0. The van der Waals surface area contributed by atoms with Crippen LogP contribution in [0.4, 0.5) is 4.79 Å². The summed E-state index contributed by atoms with van der Waals surface area (Å²) in [5.41, 5.74) is 0.964. The smallest absolute Gasteiger partial charge is 0.434 e. The summed E-state index contributed by atoms with van der Waals surface area (Å²) in [5.74, 6) is 0.638. The normalized spacial score (nSPS) is 10.3. The van der Waals surface area contributed by atoms with Crippen LogP contribution in [0.2, 0.25) is 0 Å². The van der Waals surface area contributed by atoms with E-state index in [1.807, 2.05) is 30.3 Å². The summed E-state index contributed by atoms with van der Waals surface area (Å²) < 4.78 is 9.93. The lowest BCUT2D eigenvalue weighted by atomic mass is 10.1. The molecule has 0 radical (unpaired) electrons. The number of hydrogen-bond donors (Lipinski definition) is 0. The summed E-state index contributed by atoms with van der Waals surface area (Å²) in [6.45, 7) is 5.00. The molecule has 0 bridgehead atoms. The monoisotopic (exact) mass is 236 g/mol. The minimum absolute atomic E-state index is 0.268. The van der Waals surface area contributed by atoms with Crippen molar-refractivity contribution in [2.24, 2.45) is 5.92 Å². The Hall–Kier alpha value is -1.51. The van der Waals surface area contributed by atoms with Gasteiger partial charge in [0.2, 0.25) is 0 Å². The molecule has 0 aromatic heterocycles. The lowest BCUT2D eigenvalue weighted by molar-refractivity contribution is 0.0483. The average Bonchev–Trinajstić information content (AvgIpc) is 2.33. The molecule has 1 aromatic carbocycles. The van der Waals surface area contributed by atoms with Gasteiger partial charge in [-0.05, 0) is 24.3 Å². The minimum Gasteiger partial charge on any atom is -0.434 e. The standard InChI is InChI=1S/C14H20O3/c1-12(2)7-6-10-16-14(15)17-11-13-8-4-3-5-9-13/h3-5,8-9,12H,6-7,10-11H2,1-2H3. The van der Waals surface area contributed by atoms with Gasteiger partial charge in [0.15, 0.2) is 0 Å². The van der Waals surface area contributed by atoms with Gasteiger partial charge >= 0.3 is 6.16 Å². The van der Waals surface area contributed by atoms with E-state index in [0.29, 0.717) is 12.5 Å². The molecule has 0 fully saturated rings. The summed E-state index contributed by atoms with van der Waals surface area (Å²) in [6.07, 6.45) is 1.36. The van der Waals surface area contributed by atoms with Gasteiger partial charge in [-0.2, -0.15) is 0 Å². The zero-order valence-corrected chi connectivity index (χ0v) is 10.5. The third kappa shape index (κ3) is 6.61. The van der Waals surface area contributed by atoms with E-state index >= 15 is 0 Å². The molecule has 1 aromatic rings. The molecule has 1 rings (SSSR count). The Morgan fingerprint density at radius 2 is 1.88 bits per heavy atom. The van der Waals surface area contributed by atoms with Crippen molar-refractivity contribution in [3.8, 4) is 0 Å². The van der Waals surface area contributed by atoms with Gasteiger partial charge in [0.25, 0.3) is 0 Å². The first kappa shape index (κ1) is 13.6. The van der Waals surface area contributed by atoms with Crippen molar-refractivity contribution in [2.75, 3.05) is 6.61 Å². The summed E-state index contributed by atoms with van der Waals surface area (Å²) >= 11 is 0. The van der Waals surface area contributed by atoms with Gasteiger partial charge < -0.3 is 9.47 Å². The first-order valence-electron chi connectivity index (χ1n) is 6.02. The number of rotatable bonds is 6. The second-order valence-electron chi connectivity index (χ2n) is 4.41. The average molecular weight is 236 g/mol. The third-order valence-electron chi connectivity index (χ3n) is 2.35. The van der Waals surface area contributed by atoms with Crippen LogP contribution in [0.15, 0.2) is 30.3 Å². The quantitative estimate of drug-likeness (QED) is 0.557. The van der Waals surface area contributed by atoms with Gasteiger partial charge in [-0.3, -0.25) is 0 Å². The van der Waals surface area contributed by atoms with Crippen LogP contribution < -0.4 is 0 Å². The maximum atomic E-state index is 11.2. The molecule has 94 valence electrons. The third-order valence-corrected chi connectivity index (χ3v) is 2.35. The lowest BCUT2D eigenvalue weighted by Crippen LogP contribution is -2.08. The van der Waals surface area contributed by atoms with E-state index < -0.39 is 6.16 Å². The first-order valence-corrected chi connectivity index (χ1v) is 6.02. The number of benzene rings is 1. The van der Waals surface area contributed by atoms with Gasteiger partial charge in [0, 0.05) is 0 Å². The number of hydrogen-bond acceptors (Lipinski definition) is 3. The van der Waals surface area contributed by atoms with E-state index in [4.69, 9.17) is 9.47 Å². The van der Waals surface area contributed by atoms with Crippen molar-refractivity contribution in [1.82, 2.24) is 0 Å². The molecule has 0 atom stereocenters. The van der Waals surface area contributed by atoms with Crippen LogP contribution in [-0.2, 0) is 16.1 Å². The fraction of sp³-hybridized carbons (Fsp3) is 0.500. The molecule has 0 saturated carbocycles. The Morgan fingerprint density at radius 1 is 1.18 bits per heavy atom. The van der Waals surface area contributed by atoms with Crippen molar-refractivity contribution in [2.45, 2.75) is 33.3 Å². The Labute approximate surface area is 103 Å². The van der Waals surface area contributed by atoms with E-state index in [1.165, 1.54) is 0 Å². The van der Waals surface area contributed by atoms with Crippen LogP contribution in [0.25, 0.3) is 0 Å². The molecule has 0 aliphatic heterocycles. The van der Waals surface area contributed by atoms with E-state index in [9.17, 15) is 4.79 Å². The molecule has 0 aliphatic carbocycles. The highest BCUT2D eigenvalue weighted by molar-refractivity contribution is 5.59. The predicted octanol–water partition coefficient (Wildman–Crippen LogP) is 3.78. The van der Waals surface area contributed by atoms with Crippen molar-refractivity contribution in [1.29, 1.82) is 0 Å². The summed E-state index contributed by atoms with van der Waals surface area (Å²) in [4.78, 5) is 11.2. The van der Waals surface area contributed by atoms with Gasteiger partial charge in [-0.15, -0.1) is 0 Å². The van der Waals surface area contributed by atoms with E-state index in [0.717, 1.165) is 18.4 Å². The second-order valence-corrected chi connectivity index (χ2v) is 4.41. The van der Waals surface area contributed by atoms with Crippen molar-refractivity contribution < 1.29 is 14.3 Å². The van der Waals surface area contributed by atoms with E-state index in [-0.39, 0.29) is 6.61 Å². The van der Waals surface area contributed by atoms with Gasteiger partial charge in [-0.1, -0.05) is 44.2 Å². The van der Waals surface area contributed by atoms with Crippen molar-refractivity contribution in [3.63, 3.8) is 0 Å². The van der Waals surface area contributed by atoms with Crippen LogP contribution in [0.3, 0.4) is 0 Å². The van der Waals surface area contributed by atoms with Crippen molar-refractivity contribution in [3.05, 3.63) is 35.9 Å². The van der Waals surface area contributed by atoms with E-state index in [2.05, 4.69) is 13.8 Å². The molecular weight excluding hydrogens is 216 g/mol. The predicted molar refractivity (Wildman–Crippen MR) is 66.7 cm³/mol. The fourth-order valence-electron chi connectivity index (χ4n) is 1.41. The van der Waals surface area contributed by atoms with Crippen LogP contribution in [0.5, 0.6) is 0 Å². The molecule has 3 heteroatoms. The number of carbonyl (C=O) groups excluding carboxylic acids is 1. The summed E-state index contributed by atoms with van der Waals surface area (Å²) in [5, 5.41) is 0. The molecule has 0 N–H and O–H groups in total. The molecule has 0 amide bonds. The fourth-order valence-corrected chi connectivity index (χ4v) is 1.41. The van der Waals surface area contributed by atoms with Crippen LogP contribution in [0.1, 0.15) is 32.3 Å². The van der Waals surface area contributed by atoms with Crippen LogP contribution in [0, 0.1) is 5.92 Å². The Bertz CT molecular complexity index is 319. The van der Waals surface area contributed by atoms with Crippen molar-refractivity contribution >= 4 is 6.16 Å². The van der Waals surface area contributed by atoms with Crippen LogP contribution in [-0.4, -0.2) is 12.8 Å². The largest absolute Gasteiger partial charge is 0.508 e. The molecular formula is C14H20O3. The maximum Gasteiger partial charge on any atom is 0.508 e. The molecule has 0 aliphatic rings. The van der Waals surface area contributed by atoms with E-state index in [1.54, 1.807) is 0 Å². The molecule has 0 heterocycles. The topological polar surface area (TPSA) is 35.5 Å². The molecule has 0 saturated heterocycles. The molecule has 0 spiro atoms. The number of ether oxygens (including phenoxy) is 2. The Kier molecular flexibility index (Phi) is 6.15. The Morgan fingerprint density at radius 3 is 2.53 bits per heavy atom. The lowest BCUT2D eigenvalue weighted by Gasteiger charge is -2.07. The highest BCUT2D eigenvalue weighted by atomic mass is 16.7. The van der Waals surface area contributed by atoms with Gasteiger partial charge in [0.1, 0.15) is 6.61 Å².